The molecule has 1 unspecified atom stereocenters. The predicted octanol–water partition coefficient (Wildman–Crippen LogP) is -0.365. The van der Waals surface area contributed by atoms with Crippen LogP contribution in [0.4, 0.5) is 0 Å². The summed E-state index contributed by atoms with van der Waals surface area (Å²) in [5, 5.41) is 3.04. The standard InChI is InChI=1S/C12H13N3O4/c1-7(16)14-10(13)6-19-15-11(17)8-4-2-3-5-9(8)12(15)18/h2-5,10H,6,13H2,1H3,(H,14,16). The molecule has 3 amide bonds. The number of nitrogens with one attached hydrogen (secondary N) is 1. The van der Waals surface area contributed by atoms with Crippen LogP contribution in [-0.4, -0.2) is 35.6 Å². The van der Waals surface area contributed by atoms with Crippen molar-refractivity contribution < 1.29 is 19.2 Å². The summed E-state index contributed by atoms with van der Waals surface area (Å²) < 4.78 is 0. The van der Waals surface area contributed by atoms with Crippen molar-refractivity contribution >= 4 is 17.7 Å². The van der Waals surface area contributed by atoms with Gasteiger partial charge in [-0.1, -0.05) is 12.1 Å². The number of fused-ring (bicyclic) bond motifs is 1. The molecule has 1 aromatic rings. The summed E-state index contributed by atoms with van der Waals surface area (Å²) in [6, 6.07) is 6.42. The molecule has 0 spiro atoms. The van der Waals surface area contributed by atoms with E-state index in [0.717, 1.165) is 0 Å². The highest BCUT2D eigenvalue weighted by molar-refractivity contribution is 6.20. The van der Waals surface area contributed by atoms with E-state index in [1.54, 1.807) is 24.3 Å². The van der Waals surface area contributed by atoms with E-state index < -0.39 is 18.0 Å². The number of amides is 3. The van der Waals surface area contributed by atoms with Crippen LogP contribution in [0.5, 0.6) is 0 Å². The first-order chi connectivity index (χ1) is 9.00. The minimum Gasteiger partial charge on any atom is -0.339 e. The second-order valence-corrected chi connectivity index (χ2v) is 4.05. The van der Waals surface area contributed by atoms with Gasteiger partial charge in [0.05, 0.1) is 11.1 Å². The maximum absolute atomic E-state index is 11.9. The molecule has 19 heavy (non-hydrogen) atoms. The van der Waals surface area contributed by atoms with Crippen LogP contribution in [0.2, 0.25) is 0 Å². The Morgan fingerprint density at radius 3 is 2.32 bits per heavy atom. The van der Waals surface area contributed by atoms with Crippen molar-refractivity contribution in [1.82, 2.24) is 10.4 Å². The third-order valence-corrected chi connectivity index (χ3v) is 2.53. The molecular weight excluding hydrogens is 250 g/mol. The van der Waals surface area contributed by atoms with Gasteiger partial charge in [-0.2, -0.15) is 0 Å². The zero-order chi connectivity index (χ0) is 14.0. The molecule has 0 aliphatic carbocycles. The van der Waals surface area contributed by atoms with Crippen molar-refractivity contribution in [3.05, 3.63) is 35.4 Å². The van der Waals surface area contributed by atoms with Crippen molar-refractivity contribution in [2.45, 2.75) is 13.1 Å². The van der Waals surface area contributed by atoms with Gasteiger partial charge in [-0.15, -0.1) is 5.06 Å². The fourth-order valence-corrected chi connectivity index (χ4v) is 1.74. The van der Waals surface area contributed by atoms with Crippen molar-refractivity contribution in [1.29, 1.82) is 0 Å². The largest absolute Gasteiger partial charge is 0.339 e. The lowest BCUT2D eigenvalue weighted by Gasteiger charge is -2.17. The van der Waals surface area contributed by atoms with Gasteiger partial charge in [0.2, 0.25) is 5.91 Å². The smallest absolute Gasteiger partial charge is 0.285 e. The normalized spacial score (nSPS) is 15.4. The third kappa shape index (κ3) is 2.61. The number of imide groups is 1. The first kappa shape index (κ1) is 13.2. The number of rotatable bonds is 4. The Labute approximate surface area is 109 Å². The molecule has 100 valence electrons. The predicted molar refractivity (Wildman–Crippen MR) is 64.7 cm³/mol. The number of nitrogens with zero attached hydrogens (tertiary/aromatic N) is 1. The van der Waals surface area contributed by atoms with Gasteiger partial charge >= 0.3 is 0 Å². The molecule has 2 rings (SSSR count). The van der Waals surface area contributed by atoms with Gasteiger partial charge in [-0.05, 0) is 12.1 Å². The molecule has 1 aliphatic rings. The van der Waals surface area contributed by atoms with Crippen LogP contribution in [0.3, 0.4) is 0 Å². The first-order valence-electron chi connectivity index (χ1n) is 5.64. The quantitative estimate of drug-likeness (QED) is 0.570. The maximum atomic E-state index is 11.9. The number of hydroxylamine groups is 2. The minimum atomic E-state index is -0.790. The average Bonchev–Trinajstić information content (AvgIpc) is 2.60. The third-order valence-electron chi connectivity index (χ3n) is 2.53. The first-order valence-corrected chi connectivity index (χ1v) is 5.64. The Morgan fingerprint density at radius 2 is 1.84 bits per heavy atom. The van der Waals surface area contributed by atoms with Crippen molar-refractivity contribution in [2.24, 2.45) is 5.73 Å². The van der Waals surface area contributed by atoms with E-state index >= 15 is 0 Å². The molecule has 1 heterocycles. The Balaban J connectivity index is 2.02. The highest BCUT2D eigenvalue weighted by Crippen LogP contribution is 2.22. The molecule has 7 heteroatoms. The molecular formula is C12H13N3O4. The van der Waals surface area contributed by atoms with Gasteiger partial charge in [-0.3, -0.25) is 19.2 Å². The highest BCUT2D eigenvalue weighted by atomic mass is 16.7. The van der Waals surface area contributed by atoms with Crippen molar-refractivity contribution in [3.63, 3.8) is 0 Å². The summed E-state index contributed by atoms with van der Waals surface area (Å²) in [4.78, 5) is 39.6. The van der Waals surface area contributed by atoms with Crippen LogP contribution in [0.15, 0.2) is 24.3 Å². The Morgan fingerprint density at radius 1 is 1.32 bits per heavy atom. The van der Waals surface area contributed by atoms with Crippen LogP contribution >= 0.6 is 0 Å². The van der Waals surface area contributed by atoms with Crippen LogP contribution in [0, 0.1) is 0 Å². The minimum absolute atomic E-state index is 0.176. The van der Waals surface area contributed by atoms with Gasteiger partial charge < -0.3 is 11.1 Å². The number of carbonyl (C=O) groups excluding carboxylic acids is 3. The Kier molecular flexibility index (Phi) is 3.59. The monoisotopic (exact) mass is 263 g/mol. The average molecular weight is 263 g/mol. The van der Waals surface area contributed by atoms with Gasteiger partial charge in [-0.25, -0.2) is 0 Å². The molecule has 0 radical (unpaired) electrons. The van der Waals surface area contributed by atoms with Gasteiger partial charge in [0, 0.05) is 6.92 Å². The topological polar surface area (TPSA) is 102 Å². The number of benzene rings is 1. The molecule has 0 aromatic heterocycles. The zero-order valence-electron chi connectivity index (χ0n) is 10.3. The van der Waals surface area contributed by atoms with Crippen molar-refractivity contribution in [2.75, 3.05) is 6.61 Å². The maximum Gasteiger partial charge on any atom is 0.285 e. The lowest BCUT2D eigenvalue weighted by Crippen LogP contribution is -2.46. The van der Waals surface area contributed by atoms with E-state index in [2.05, 4.69) is 5.32 Å². The van der Waals surface area contributed by atoms with E-state index in [9.17, 15) is 14.4 Å². The highest BCUT2D eigenvalue weighted by Gasteiger charge is 2.36. The molecule has 7 nitrogen and oxygen atoms in total. The molecule has 0 fully saturated rings. The Bertz CT molecular complexity index is 509. The van der Waals surface area contributed by atoms with Crippen LogP contribution < -0.4 is 11.1 Å². The number of hydrogen-bond donors (Lipinski definition) is 2. The fraction of sp³-hybridized carbons (Fsp3) is 0.250. The summed E-state index contributed by atoms with van der Waals surface area (Å²) in [5.74, 6) is -1.38. The summed E-state index contributed by atoms with van der Waals surface area (Å²) in [6.07, 6.45) is -0.790. The molecule has 0 bridgehead atoms. The van der Waals surface area contributed by atoms with Crippen LogP contribution in [0.1, 0.15) is 27.6 Å². The van der Waals surface area contributed by atoms with Gasteiger partial charge in [0.25, 0.3) is 11.8 Å². The lowest BCUT2D eigenvalue weighted by atomic mass is 10.1. The lowest BCUT2D eigenvalue weighted by molar-refractivity contribution is -0.122. The van der Waals surface area contributed by atoms with E-state index in [-0.39, 0.29) is 12.5 Å². The fourth-order valence-electron chi connectivity index (χ4n) is 1.74. The van der Waals surface area contributed by atoms with E-state index in [4.69, 9.17) is 10.6 Å². The zero-order valence-corrected chi connectivity index (χ0v) is 10.3. The van der Waals surface area contributed by atoms with Crippen LogP contribution in [-0.2, 0) is 9.63 Å². The number of carbonyl (C=O) groups is 3. The summed E-state index contributed by atoms with van der Waals surface area (Å²) in [6.45, 7) is 1.13. The summed E-state index contributed by atoms with van der Waals surface area (Å²) >= 11 is 0. The van der Waals surface area contributed by atoms with Gasteiger partial charge in [0.15, 0.2) is 0 Å². The van der Waals surface area contributed by atoms with E-state index in [1.165, 1.54) is 6.92 Å². The van der Waals surface area contributed by atoms with E-state index in [0.29, 0.717) is 16.2 Å². The summed E-state index contributed by atoms with van der Waals surface area (Å²) in [7, 11) is 0. The molecule has 1 atom stereocenters. The molecule has 0 saturated carbocycles. The second kappa shape index (κ2) is 5.17. The van der Waals surface area contributed by atoms with Gasteiger partial charge in [0.1, 0.15) is 12.8 Å². The molecule has 1 aromatic carbocycles. The molecule has 3 N–H and O–H groups in total. The Hall–Kier alpha value is -2.25. The van der Waals surface area contributed by atoms with Crippen molar-refractivity contribution in [3.8, 4) is 0 Å². The molecule has 1 aliphatic heterocycles. The second-order valence-electron chi connectivity index (χ2n) is 4.05. The SMILES string of the molecule is CC(=O)NC(N)CON1C(=O)c2ccccc2C1=O. The number of hydrogen-bond acceptors (Lipinski definition) is 5. The van der Waals surface area contributed by atoms with E-state index in [1.807, 2.05) is 0 Å². The number of nitrogens with two attached hydrogens (primary N) is 1. The summed E-state index contributed by atoms with van der Waals surface area (Å²) in [5.41, 5.74) is 6.13. The molecule has 0 saturated heterocycles. The van der Waals surface area contributed by atoms with Crippen LogP contribution in [0.25, 0.3) is 0 Å².